The second kappa shape index (κ2) is 5.49. The van der Waals surface area contributed by atoms with Gasteiger partial charge in [-0.3, -0.25) is 0 Å². The SMILES string of the molecule is Cc1cc(C)cc(CC(O)C(C)C(C)C)c1. The molecule has 1 aromatic carbocycles. The van der Waals surface area contributed by atoms with Crippen molar-refractivity contribution in [2.45, 2.75) is 47.1 Å². The third-order valence-corrected chi connectivity index (χ3v) is 3.38. The number of rotatable bonds is 4. The maximum atomic E-state index is 10.1. The van der Waals surface area contributed by atoms with Gasteiger partial charge in [0.15, 0.2) is 0 Å². The summed E-state index contributed by atoms with van der Waals surface area (Å²) in [5, 5.41) is 10.1. The van der Waals surface area contributed by atoms with E-state index < -0.39 is 0 Å². The largest absolute Gasteiger partial charge is 0.392 e. The van der Waals surface area contributed by atoms with Crippen LogP contribution in [-0.4, -0.2) is 11.2 Å². The molecule has 1 N–H and O–H groups in total. The Morgan fingerprint density at radius 3 is 1.94 bits per heavy atom. The molecular weight excluding hydrogens is 196 g/mol. The molecule has 0 spiro atoms. The summed E-state index contributed by atoms with van der Waals surface area (Å²) in [7, 11) is 0. The Bertz CT molecular complexity index is 321. The lowest BCUT2D eigenvalue weighted by atomic mass is 9.88. The highest BCUT2D eigenvalue weighted by Gasteiger charge is 2.17. The highest BCUT2D eigenvalue weighted by atomic mass is 16.3. The molecule has 0 aliphatic rings. The molecule has 0 amide bonds. The lowest BCUT2D eigenvalue weighted by Gasteiger charge is -2.22. The summed E-state index contributed by atoms with van der Waals surface area (Å²) < 4.78 is 0. The minimum absolute atomic E-state index is 0.235. The molecule has 0 aliphatic heterocycles. The molecule has 0 radical (unpaired) electrons. The second-order valence-corrected chi connectivity index (χ2v) is 5.37. The standard InChI is InChI=1S/C15H24O/c1-10(2)13(5)15(16)9-14-7-11(3)6-12(4)8-14/h6-8,10,13,15-16H,9H2,1-5H3. The Morgan fingerprint density at radius 2 is 1.50 bits per heavy atom. The number of aryl methyl sites for hydroxylation is 2. The van der Waals surface area contributed by atoms with Gasteiger partial charge in [0.1, 0.15) is 0 Å². The molecule has 0 bridgehead atoms. The number of benzene rings is 1. The number of hydrogen-bond acceptors (Lipinski definition) is 1. The fourth-order valence-electron chi connectivity index (χ4n) is 2.06. The molecule has 0 saturated heterocycles. The average Bonchev–Trinajstić information content (AvgIpc) is 2.14. The van der Waals surface area contributed by atoms with Crippen molar-refractivity contribution in [1.82, 2.24) is 0 Å². The van der Waals surface area contributed by atoms with Crippen molar-refractivity contribution in [2.24, 2.45) is 11.8 Å². The monoisotopic (exact) mass is 220 g/mol. The number of aliphatic hydroxyl groups excluding tert-OH is 1. The van der Waals surface area contributed by atoms with Gasteiger partial charge in [-0.05, 0) is 37.7 Å². The molecule has 1 rings (SSSR count). The van der Waals surface area contributed by atoms with Crippen molar-refractivity contribution in [3.63, 3.8) is 0 Å². The molecule has 0 aliphatic carbocycles. The van der Waals surface area contributed by atoms with E-state index in [1.54, 1.807) is 0 Å². The van der Waals surface area contributed by atoms with Crippen molar-refractivity contribution in [1.29, 1.82) is 0 Å². The van der Waals surface area contributed by atoms with Crippen LogP contribution < -0.4 is 0 Å². The van der Waals surface area contributed by atoms with Gasteiger partial charge in [0, 0.05) is 0 Å². The second-order valence-electron chi connectivity index (χ2n) is 5.37. The molecule has 2 atom stereocenters. The molecule has 0 saturated carbocycles. The lowest BCUT2D eigenvalue weighted by Crippen LogP contribution is -2.24. The summed E-state index contributed by atoms with van der Waals surface area (Å²) in [5.41, 5.74) is 3.80. The molecule has 16 heavy (non-hydrogen) atoms. The van der Waals surface area contributed by atoms with Crippen molar-refractivity contribution < 1.29 is 5.11 Å². The molecule has 0 aromatic heterocycles. The highest BCUT2D eigenvalue weighted by molar-refractivity contribution is 5.28. The van der Waals surface area contributed by atoms with Gasteiger partial charge in [-0.2, -0.15) is 0 Å². The van der Waals surface area contributed by atoms with Crippen LogP contribution in [-0.2, 0) is 6.42 Å². The van der Waals surface area contributed by atoms with Gasteiger partial charge in [-0.1, -0.05) is 50.1 Å². The van der Waals surface area contributed by atoms with Crippen molar-refractivity contribution in [3.8, 4) is 0 Å². The fraction of sp³-hybridized carbons (Fsp3) is 0.600. The third-order valence-electron chi connectivity index (χ3n) is 3.38. The summed E-state index contributed by atoms with van der Waals surface area (Å²) in [4.78, 5) is 0. The molecule has 0 fully saturated rings. The first kappa shape index (κ1) is 13.2. The van der Waals surface area contributed by atoms with Gasteiger partial charge < -0.3 is 5.11 Å². The first-order chi connectivity index (χ1) is 7.40. The van der Waals surface area contributed by atoms with E-state index in [-0.39, 0.29) is 6.10 Å². The minimum atomic E-state index is -0.235. The van der Waals surface area contributed by atoms with Gasteiger partial charge in [-0.15, -0.1) is 0 Å². The first-order valence-electron chi connectivity index (χ1n) is 6.15. The Morgan fingerprint density at radius 1 is 1.00 bits per heavy atom. The molecule has 1 nitrogen and oxygen atoms in total. The van der Waals surface area contributed by atoms with E-state index in [9.17, 15) is 5.11 Å². The van der Waals surface area contributed by atoms with Gasteiger partial charge >= 0.3 is 0 Å². The zero-order valence-corrected chi connectivity index (χ0v) is 11.1. The molecule has 0 heterocycles. The van der Waals surface area contributed by atoms with E-state index in [1.165, 1.54) is 16.7 Å². The quantitative estimate of drug-likeness (QED) is 0.823. The average molecular weight is 220 g/mol. The Kier molecular flexibility index (Phi) is 4.55. The van der Waals surface area contributed by atoms with E-state index in [1.807, 2.05) is 0 Å². The maximum Gasteiger partial charge on any atom is 0.0608 e. The van der Waals surface area contributed by atoms with Crippen LogP contribution in [0.5, 0.6) is 0 Å². The molecule has 1 aromatic rings. The van der Waals surface area contributed by atoms with E-state index >= 15 is 0 Å². The predicted octanol–water partition coefficient (Wildman–Crippen LogP) is 3.50. The zero-order chi connectivity index (χ0) is 12.3. The third kappa shape index (κ3) is 3.64. The first-order valence-corrected chi connectivity index (χ1v) is 6.15. The van der Waals surface area contributed by atoms with Crippen molar-refractivity contribution >= 4 is 0 Å². The Hall–Kier alpha value is -0.820. The summed E-state index contributed by atoms with van der Waals surface area (Å²) in [6.07, 6.45) is 0.531. The summed E-state index contributed by atoms with van der Waals surface area (Å²) in [6.45, 7) is 10.7. The molecule has 2 unspecified atom stereocenters. The summed E-state index contributed by atoms with van der Waals surface area (Å²) in [5.74, 6) is 0.877. The fourth-order valence-corrected chi connectivity index (χ4v) is 2.06. The minimum Gasteiger partial charge on any atom is -0.392 e. The van der Waals surface area contributed by atoms with Crippen LogP contribution in [0, 0.1) is 25.7 Å². The molecular formula is C15H24O. The topological polar surface area (TPSA) is 20.2 Å². The van der Waals surface area contributed by atoms with Crippen LogP contribution in [0.25, 0.3) is 0 Å². The van der Waals surface area contributed by atoms with E-state index in [2.05, 4.69) is 52.8 Å². The lowest BCUT2D eigenvalue weighted by molar-refractivity contribution is 0.0921. The molecule has 1 heteroatoms. The van der Waals surface area contributed by atoms with E-state index in [0.29, 0.717) is 11.8 Å². The van der Waals surface area contributed by atoms with E-state index in [4.69, 9.17) is 0 Å². The van der Waals surface area contributed by atoms with Gasteiger partial charge in [0.05, 0.1) is 6.10 Å². The zero-order valence-electron chi connectivity index (χ0n) is 11.1. The smallest absolute Gasteiger partial charge is 0.0608 e. The number of hydrogen-bond donors (Lipinski definition) is 1. The van der Waals surface area contributed by atoms with Crippen LogP contribution >= 0.6 is 0 Å². The molecule has 90 valence electrons. The van der Waals surface area contributed by atoms with Crippen LogP contribution in [0.2, 0.25) is 0 Å². The van der Waals surface area contributed by atoms with Crippen LogP contribution in [0.4, 0.5) is 0 Å². The van der Waals surface area contributed by atoms with Gasteiger partial charge in [0.25, 0.3) is 0 Å². The Labute approximate surface area is 99.5 Å². The van der Waals surface area contributed by atoms with Crippen molar-refractivity contribution in [3.05, 3.63) is 34.9 Å². The van der Waals surface area contributed by atoms with Crippen LogP contribution in [0.1, 0.15) is 37.5 Å². The Balaban J connectivity index is 2.72. The van der Waals surface area contributed by atoms with Crippen LogP contribution in [0.3, 0.4) is 0 Å². The highest BCUT2D eigenvalue weighted by Crippen LogP contribution is 2.19. The normalized spacial score (nSPS) is 15.2. The van der Waals surface area contributed by atoms with Crippen molar-refractivity contribution in [2.75, 3.05) is 0 Å². The van der Waals surface area contributed by atoms with E-state index in [0.717, 1.165) is 6.42 Å². The maximum absolute atomic E-state index is 10.1. The van der Waals surface area contributed by atoms with Gasteiger partial charge in [0.2, 0.25) is 0 Å². The van der Waals surface area contributed by atoms with Crippen LogP contribution in [0.15, 0.2) is 18.2 Å². The number of aliphatic hydroxyl groups is 1. The summed E-state index contributed by atoms with van der Waals surface area (Å²) >= 11 is 0. The van der Waals surface area contributed by atoms with Gasteiger partial charge in [-0.25, -0.2) is 0 Å². The summed E-state index contributed by atoms with van der Waals surface area (Å²) in [6, 6.07) is 6.51. The predicted molar refractivity (Wildman–Crippen MR) is 69.6 cm³/mol.